The number of rotatable bonds is 2. The van der Waals surface area contributed by atoms with Gasteiger partial charge in [-0.1, -0.05) is 0 Å². The minimum atomic E-state index is -0.483. The van der Waals surface area contributed by atoms with Crippen LogP contribution in [0.1, 0.15) is 27.9 Å². The predicted molar refractivity (Wildman–Crippen MR) is 61.4 cm³/mol. The Labute approximate surface area is 96.8 Å². The maximum atomic E-state index is 12.0. The monoisotopic (exact) mass is 228 g/mol. The van der Waals surface area contributed by atoms with Crippen LogP contribution in [-0.4, -0.2) is 34.5 Å². The molecule has 0 atom stereocenters. The van der Waals surface area contributed by atoms with Crippen LogP contribution in [0.3, 0.4) is 0 Å². The highest BCUT2D eigenvalue weighted by Crippen LogP contribution is 2.24. The first-order chi connectivity index (χ1) is 8.20. The average Bonchev–Trinajstić information content (AvgIpc) is 2.36. The SMILES string of the molecule is C=NC1=C(N=CC)C(=O)c2nccnc2C1=O. The molecule has 1 aliphatic carbocycles. The molecule has 1 aromatic heterocycles. The van der Waals surface area contributed by atoms with Gasteiger partial charge in [-0.3, -0.25) is 19.6 Å². The number of carbonyl (C=O) groups excluding carboxylic acids is 2. The quantitative estimate of drug-likeness (QED) is 0.702. The van der Waals surface area contributed by atoms with E-state index in [1.807, 2.05) is 0 Å². The number of carbonyl (C=O) groups is 2. The molecule has 0 spiro atoms. The molecule has 0 bridgehead atoms. The molecule has 6 heteroatoms. The molecule has 1 aliphatic rings. The number of aliphatic imine (C=N–C) groups is 2. The second-order valence-electron chi connectivity index (χ2n) is 3.15. The largest absolute Gasteiger partial charge is 0.285 e. The van der Waals surface area contributed by atoms with E-state index in [2.05, 4.69) is 26.7 Å². The first-order valence-electron chi connectivity index (χ1n) is 4.80. The summed E-state index contributed by atoms with van der Waals surface area (Å²) in [7, 11) is 0. The Hall–Kier alpha value is -2.50. The molecule has 0 aromatic carbocycles. The molecule has 1 aromatic rings. The second kappa shape index (κ2) is 4.17. The van der Waals surface area contributed by atoms with Gasteiger partial charge in [-0.05, 0) is 13.6 Å². The van der Waals surface area contributed by atoms with Crippen LogP contribution >= 0.6 is 0 Å². The van der Waals surface area contributed by atoms with E-state index in [-0.39, 0.29) is 22.8 Å². The normalized spacial score (nSPS) is 15.4. The van der Waals surface area contributed by atoms with E-state index < -0.39 is 11.6 Å². The van der Waals surface area contributed by atoms with Gasteiger partial charge in [-0.2, -0.15) is 0 Å². The second-order valence-corrected chi connectivity index (χ2v) is 3.15. The van der Waals surface area contributed by atoms with Crippen LogP contribution in [0.25, 0.3) is 0 Å². The van der Waals surface area contributed by atoms with Crippen molar-refractivity contribution in [2.45, 2.75) is 6.92 Å². The summed E-state index contributed by atoms with van der Waals surface area (Å²) in [5.74, 6) is -0.948. The molecular formula is C11H8N4O2. The van der Waals surface area contributed by atoms with Gasteiger partial charge >= 0.3 is 0 Å². The third-order valence-corrected chi connectivity index (χ3v) is 2.20. The highest BCUT2D eigenvalue weighted by atomic mass is 16.1. The Morgan fingerprint density at radius 2 is 1.65 bits per heavy atom. The summed E-state index contributed by atoms with van der Waals surface area (Å²) in [4.78, 5) is 39.1. The molecule has 2 rings (SSSR count). The van der Waals surface area contributed by atoms with Gasteiger partial charge in [0, 0.05) is 18.6 Å². The van der Waals surface area contributed by atoms with Crippen LogP contribution in [0.5, 0.6) is 0 Å². The molecule has 0 radical (unpaired) electrons. The molecule has 0 fully saturated rings. The number of ketones is 2. The lowest BCUT2D eigenvalue weighted by Crippen LogP contribution is -2.23. The van der Waals surface area contributed by atoms with E-state index in [0.29, 0.717) is 0 Å². The van der Waals surface area contributed by atoms with Crippen LogP contribution in [0, 0.1) is 0 Å². The van der Waals surface area contributed by atoms with Gasteiger partial charge in [0.05, 0.1) is 0 Å². The molecule has 0 N–H and O–H groups in total. The average molecular weight is 228 g/mol. The number of fused-ring (bicyclic) bond motifs is 1. The lowest BCUT2D eigenvalue weighted by atomic mass is 9.99. The zero-order chi connectivity index (χ0) is 12.4. The Kier molecular flexibility index (Phi) is 2.70. The number of hydrogen-bond acceptors (Lipinski definition) is 6. The summed E-state index contributed by atoms with van der Waals surface area (Å²) in [5, 5.41) is 0. The van der Waals surface area contributed by atoms with Gasteiger partial charge in [-0.15, -0.1) is 0 Å². The number of nitrogens with zero attached hydrogens (tertiary/aromatic N) is 4. The van der Waals surface area contributed by atoms with Crippen LogP contribution < -0.4 is 0 Å². The van der Waals surface area contributed by atoms with E-state index in [1.165, 1.54) is 18.6 Å². The van der Waals surface area contributed by atoms with E-state index >= 15 is 0 Å². The van der Waals surface area contributed by atoms with E-state index in [4.69, 9.17) is 0 Å². The smallest absolute Gasteiger partial charge is 0.234 e. The lowest BCUT2D eigenvalue weighted by Gasteiger charge is -2.13. The highest BCUT2D eigenvalue weighted by molar-refractivity contribution is 6.25. The van der Waals surface area contributed by atoms with Crippen molar-refractivity contribution < 1.29 is 9.59 Å². The summed E-state index contributed by atoms with van der Waals surface area (Å²) in [6, 6.07) is 0. The van der Waals surface area contributed by atoms with Crippen LogP contribution in [0.15, 0.2) is 33.8 Å². The van der Waals surface area contributed by atoms with E-state index in [1.54, 1.807) is 6.92 Å². The molecule has 0 saturated heterocycles. The van der Waals surface area contributed by atoms with Crippen molar-refractivity contribution in [1.29, 1.82) is 0 Å². The Balaban J connectivity index is 2.72. The van der Waals surface area contributed by atoms with Crippen molar-refractivity contribution in [3.05, 3.63) is 35.2 Å². The van der Waals surface area contributed by atoms with E-state index in [9.17, 15) is 9.59 Å². The van der Waals surface area contributed by atoms with Crippen molar-refractivity contribution in [3.8, 4) is 0 Å². The minimum absolute atomic E-state index is 0.00467. The van der Waals surface area contributed by atoms with Crippen LogP contribution in [-0.2, 0) is 0 Å². The summed E-state index contributed by atoms with van der Waals surface area (Å²) in [6.07, 6.45) is 4.11. The van der Waals surface area contributed by atoms with Crippen molar-refractivity contribution in [2.75, 3.05) is 0 Å². The molecule has 6 nitrogen and oxygen atoms in total. The van der Waals surface area contributed by atoms with Crippen molar-refractivity contribution >= 4 is 24.5 Å². The highest BCUT2D eigenvalue weighted by Gasteiger charge is 2.33. The molecule has 0 amide bonds. The molecule has 0 aliphatic heterocycles. The van der Waals surface area contributed by atoms with Gasteiger partial charge in [0.2, 0.25) is 11.6 Å². The maximum absolute atomic E-state index is 12.0. The third kappa shape index (κ3) is 1.59. The molecule has 17 heavy (non-hydrogen) atoms. The number of aromatic nitrogens is 2. The Bertz CT molecular complexity index is 587. The topological polar surface area (TPSA) is 84.6 Å². The fourth-order valence-electron chi connectivity index (χ4n) is 1.51. The minimum Gasteiger partial charge on any atom is -0.285 e. The predicted octanol–water partition coefficient (Wildman–Crippen LogP) is 0.859. The third-order valence-electron chi connectivity index (χ3n) is 2.20. The van der Waals surface area contributed by atoms with Gasteiger partial charge < -0.3 is 0 Å². The zero-order valence-corrected chi connectivity index (χ0v) is 9.04. The van der Waals surface area contributed by atoms with Crippen molar-refractivity contribution in [3.63, 3.8) is 0 Å². The van der Waals surface area contributed by atoms with Gasteiger partial charge in [0.15, 0.2) is 0 Å². The standard InChI is InChI=1S/C11H8N4O2/c1-3-13-7-6(12-2)10(16)8-9(11(7)17)15-5-4-14-8/h3-5H,2H2,1H3. The van der Waals surface area contributed by atoms with Gasteiger partial charge in [0.25, 0.3) is 0 Å². The van der Waals surface area contributed by atoms with E-state index in [0.717, 1.165) is 0 Å². The fraction of sp³-hybridized carbons (Fsp3) is 0.0909. The molecule has 84 valence electrons. The van der Waals surface area contributed by atoms with Crippen LogP contribution in [0.2, 0.25) is 0 Å². The van der Waals surface area contributed by atoms with Crippen molar-refractivity contribution in [1.82, 2.24) is 9.97 Å². The number of Topliss-reactive ketones (excluding diaryl/α,β-unsaturated/α-hetero) is 2. The summed E-state index contributed by atoms with van der Waals surface area (Å²) in [5.41, 5.74) is -0.123. The molecule has 1 heterocycles. The summed E-state index contributed by atoms with van der Waals surface area (Å²) >= 11 is 0. The Morgan fingerprint density at radius 1 is 1.12 bits per heavy atom. The number of allylic oxidation sites excluding steroid dienone is 2. The summed E-state index contributed by atoms with van der Waals surface area (Å²) < 4.78 is 0. The molecule has 0 saturated carbocycles. The number of hydrogen-bond donors (Lipinski definition) is 0. The lowest BCUT2D eigenvalue weighted by molar-refractivity contribution is 0.0965. The molecule has 0 unspecified atom stereocenters. The fourth-order valence-corrected chi connectivity index (χ4v) is 1.51. The van der Waals surface area contributed by atoms with Crippen LogP contribution in [0.4, 0.5) is 0 Å². The first kappa shape index (κ1) is 11.0. The first-order valence-corrected chi connectivity index (χ1v) is 4.80. The zero-order valence-electron chi connectivity index (χ0n) is 9.04. The van der Waals surface area contributed by atoms with Gasteiger partial charge in [-0.25, -0.2) is 9.97 Å². The molecular weight excluding hydrogens is 220 g/mol. The maximum Gasteiger partial charge on any atom is 0.234 e. The summed E-state index contributed by atoms with van der Waals surface area (Å²) in [6.45, 7) is 4.91. The van der Waals surface area contributed by atoms with Gasteiger partial charge in [0.1, 0.15) is 22.8 Å². The van der Waals surface area contributed by atoms with Crippen molar-refractivity contribution in [2.24, 2.45) is 9.98 Å². The Morgan fingerprint density at radius 3 is 2.12 bits per heavy atom.